The van der Waals surface area contributed by atoms with Gasteiger partial charge in [0.25, 0.3) is 5.91 Å². The number of esters is 1. The third-order valence-corrected chi connectivity index (χ3v) is 5.09. The van der Waals surface area contributed by atoms with Crippen molar-refractivity contribution in [3.63, 3.8) is 0 Å². The molecule has 2 heterocycles. The molecule has 164 valence electrons. The van der Waals surface area contributed by atoms with E-state index >= 15 is 0 Å². The molecular weight excluding hydrogens is 414 g/mol. The Morgan fingerprint density at radius 3 is 2.28 bits per heavy atom. The molecule has 0 spiro atoms. The summed E-state index contributed by atoms with van der Waals surface area (Å²) in [6.07, 6.45) is -2.65. The molecule has 0 bridgehead atoms. The number of aromatic nitrogens is 2. The number of nitrogens with zero attached hydrogens (tertiary/aromatic N) is 2. The number of hydrogen-bond acceptors (Lipinski definition) is 7. The van der Waals surface area contributed by atoms with Crippen LogP contribution in [0.5, 0.6) is 0 Å². The lowest BCUT2D eigenvalue weighted by molar-refractivity contribution is -0.0492. The topological polar surface area (TPSA) is 120 Å². The Kier molecular flexibility index (Phi) is 6.11. The standard InChI is InChI=1S/C23H21N3O6/c1-14-18(27)19(32-22(29)16-10-6-3-7-11-16)21(31-14)26-13-12-17(25-23(26)30)24-20(28)15-8-4-2-5-9-15/h2-14,18-19,21,27H,1H3,(H,24,25,28,30)/t14-,18-,19+,21-/m1/s1. The number of amides is 1. The first-order chi connectivity index (χ1) is 15.4. The fraction of sp³-hybridized carbons (Fsp3) is 0.217. The van der Waals surface area contributed by atoms with Crippen LogP contribution in [0.15, 0.2) is 77.7 Å². The van der Waals surface area contributed by atoms with Crippen LogP contribution in [0.2, 0.25) is 0 Å². The Morgan fingerprint density at radius 2 is 1.66 bits per heavy atom. The smallest absolute Gasteiger partial charge is 0.351 e. The zero-order valence-electron chi connectivity index (χ0n) is 17.1. The van der Waals surface area contributed by atoms with E-state index in [2.05, 4.69) is 10.3 Å². The Hall–Kier alpha value is -3.82. The molecule has 1 amide bonds. The Labute approximate surface area is 183 Å². The zero-order valence-corrected chi connectivity index (χ0v) is 17.1. The van der Waals surface area contributed by atoms with Crippen LogP contribution in [-0.4, -0.2) is 44.8 Å². The third kappa shape index (κ3) is 4.43. The molecule has 9 nitrogen and oxygen atoms in total. The van der Waals surface area contributed by atoms with Gasteiger partial charge in [0.2, 0.25) is 0 Å². The second-order valence-corrected chi connectivity index (χ2v) is 7.28. The minimum atomic E-state index is -1.14. The normalized spacial score (nSPS) is 22.3. The van der Waals surface area contributed by atoms with Gasteiger partial charge in [0.15, 0.2) is 12.3 Å². The number of hydrogen-bond donors (Lipinski definition) is 2. The maximum atomic E-state index is 12.7. The van der Waals surface area contributed by atoms with Crippen LogP contribution in [0.1, 0.15) is 33.9 Å². The van der Waals surface area contributed by atoms with Crippen molar-refractivity contribution in [2.24, 2.45) is 0 Å². The molecule has 0 aliphatic carbocycles. The fourth-order valence-electron chi connectivity index (χ4n) is 3.39. The number of ether oxygens (including phenoxy) is 2. The van der Waals surface area contributed by atoms with Crippen LogP contribution in [-0.2, 0) is 9.47 Å². The van der Waals surface area contributed by atoms with Crippen LogP contribution in [0, 0.1) is 0 Å². The molecule has 1 aliphatic heterocycles. The van der Waals surface area contributed by atoms with Gasteiger partial charge in [-0.1, -0.05) is 36.4 Å². The number of anilines is 1. The zero-order chi connectivity index (χ0) is 22.7. The molecule has 2 aromatic carbocycles. The van der Waals surface area contributed by atoms with Crippen molar-refractivity contribution in [1.29, 1.82) is 0 Å². The van der Waals surface area contributed by atoms with Gasteiger partial charge in [0, 0.05) is 11.8 Å². The monoisotopic (exact) mass is 435 g/mol. The van der Waals surface area contributed by atoms with E-state index in [1.54, 1.807) is 67.6 Å². The van der Waals surface area contributed by atoms with Crippen molar-refractivity contribution in [3.05, 3.63) is 94.5 Å². The van der Waals surface area contributed by atoms with Crippen LogP contribution in [0.25, 0.3) is 0 Å². The molecule has 0 unspecified atom stereocenters. The maximum Gasteiger partial charge on any atom is 0.351 e. The van der Waals surface area contributed by atoms with E-state index < -0.39 is 42.1 Å². The summed E-state index contributed by atoms with van der Waals surface area (Å²) < 4.78 is 12.3. The molecule has 0 radical (unpaired) electrons. The Morgan fingerprint density at radius 1 is 1.03 bits per heavy atom. The average Bonchev–Trinajstić information content (AvgIpc) is 3.08. The lowest BCUT2D eigenvalue weighted by atomic mass is 10.1. The molecule has 1 aliphatic rings. The van der Waals surface area contributed by atoms with Gasteiger partial charge >= 0.3 is 11.7 Å². The van der Waals surface area contributed by atoms with Crippen LogP contribution in [0.4, 0.5) is 5.82 Å². The van der Waals surface area contributed by atoms with Gasteiger partial charge < -0.3 is 19.9 Å². The minimum absolute atomic E-state index is 0.0597. The SMILES string of the molecule is C[C@H]1O[C@@H](n2ccc(NC(=O)c3ccccc3)nc2=O)[C@@H](OC(=O)c2ccccc2)[C@@H]1O. The minimum Gasteiger partial charge on any atom is -0.451 e. The summed E-state index contributed by atoms with van der Waals surface area (Å²) in [5.41, 5.74) is -0.00666. The first-order valence-corrected chi connectivity index (χ1v) is 9.99. The van der Waals surface area contributed by atoms with Crippen molar-refractivity contribution >= 4 is 17.7 Å². The van der Waals surface area contributed by atoms with E-state index in [1.165, 1.54) is 12.3 Å². The molecule has 1 saturated heterocycles. The summed E-state index contributed by atoms with van der Waals surface area (Å²) in [5.74, 6) is -0.999. The predicted molar refractivity (Wildman–Crippen MR) is 114 cm³/mol. The van der Waals surface area contributed by atoms with E-state index in [9.17, 15) is 19.5 Å². The summed E-state index contributed by atoms with van der Waals surface area (Å²) in [6.45, 7) is 1.61. The van der Waals surface area contributed by atoms with E-state index in [0.29, 0.717) is 11.1 Å². The van der Waals surface area contributed by atoms with Crippen LogP contribution in [0.3, 0.4) is 0 Å². The molecule has 1 aromatic heterocycles. The molecular formula is C23H21N3O6. The van der Waals surface area contributed by atoms with Crippen molar-refractivity contribution in [1.82, 2.24) is 9.55 Å². The Balaban J connectivity index is 1.54. The summed E-state index contributed by atoms with van der Waals surface area (Å²) in [6, 6.07) is 18.2. The summed E-state index contributed by atoms with van der Waals surface area (Å²) >= 11 is 0. The summed E-state index contributed by atoms with van der Waals surface area (Å²) in [7, 11) is 0. The molecule has 4 atom stereocenters. The second-order valence-electron chi connectivity index (χ2n) is 7.28. The number of benzene rings is 2. The first-order valence-electron chi connectivity index (χ1n) is 9.99. The van der Waals surface area contributed by atoms with Crippen molar-refractivity contribution in [2.75, 3.05) is 5.32 Å². The highest BCUT2D eigenvalue weighted by Gasteiger charge is 2.45. The Bertz CT molecular complexity index is 1170. The van der Waals surface area contributed by atoms with Gasteiger partial charge in [-0.3, -0.25) is 9.36 Å². The predicted octanol–water partition coefficient (Wildman–Crippen LogP) is 2.00. The fourth-order valence-corrected chi connectivity index (χ4v) is 3.39. The lowest BCUT2D eigenvalue weighted by Crippen LogP contribution is -2.38. The van der Waals surface area contributed by atoms with Crippen molar-refractivity contribution in [2.45, 2.75) is 31.5 Å². The van der Waals surface area contributed by atoms with Gasteiger partial charge in [-0.15, -0.1) is 0 Å². The highest BCUT2D eigenvalue weighted by molar-refractivity contribution is 6.03. The highest BCUT2D eigenvalue weighted by Crippen LogP contribution is 2.31. The van der Waals surface area contributed by atoms with E-state index in [0.717, 1.165) is 4.57 Å². The molecule has 2 N–H and O–H groups in total. The molecule has 4 rings (SSSR count). The van der Waals surface area contributed by atoms with E-state index in [1.807, 2.05) is 0 Å². The number of rotatable bonds is 5. The summed E-state index contributed by atoms with van der Waals surface area (Å²) in [5, 5.41) is 13.0. The largest absolute Gasteiger partial charge is 0.451 e. The van der Waals surface area contributed by atoms with Crippen LogP contribution >= 0.6 is 0 Å². The average molecular weight is 435 g/mol. The van der Waals surface area contributed by atoms with Gasteiger partial charge in [0.05, 0.1) is 11.7 Å². The second kappa shape index (κ2) is 9.13. The highest BCUT2D eigenvalue weighted by atomic mass is 16.6. The quantitative estimate of drug-likeness (QED) is 0.588. The molecule has 1 fully saturated rings. The molecule has 9 heteroatoms. The van der Waals surface area contributed by atoms with Gasteiger partial charge in [0.1, 0.15) is 11.9 Å². The molecule has 32 heavy (non-hydrogen) atoms. The van der Waals surface area contributed by atoms with E-state index in [-0.39, 0.29) is 5.82 Å². The molecule has 0 saturated carbocycles. The number of aliphatic hydroxyl groups is 1. The van der Waals surface area contributed by atoms with Gasteiger partial charge in [-0.2, -0.15) is 4.98 Å². The van der Waals surface area contributed by atoms with E-state index in [4.69, 9.17) is 9.47 Å². The maximum absolute atomic E-state index is 12.7. The van der Waals surface area contributed by atoms with Crippen LogP contribution < -0.4 is 11.0 Å². The first kappa shape index (κ1) is 21.4. The lowest BCUT2D eigenvalue weighted by Gasteiger charge is -2.22. The van der Waals surface area contributed by atoms with Crippen molar-refractivity contribution in [3.8, 4) is 0 Å². The molecule has 3 aromatic rings. The number of aliphatic hydroxyl groups excluding tert-OH is 1. The number of nitrogens with one attached hydrogen (secondary N) is 1. The third-order valence-electron chi connectivity index (χ3n) is 5.09. The van der Waals surface area contributed by atoms with Gasteiger partial charge in [-0.25, -0.2) is 9.59 Å². The summed E-state index contributed by atoms with van der Waals surface area (Å²) in [4.78, 5) is 41.3. The number of carbonyl (C=O) groups excluding carboxylic acids is 2. The number of carbonyl (C=O) groups is 2. The van der Waals surface area contributed by atoms with Crippen molar-refractivity contribution < 1.29 is 24.2 Å². The van der Waals surface area contributed by atoms with Gasteiger partial charge in [-0.05, 0) is 37.3 Å².